The Labute approximate surface area is 142 Å². The molecule has 0 heterocycles. The van der Waals surface area contributed by atoms with Gasteiger partial charge in [-0.25, -0.2) is 0 Å². The van der Waals surface area contributed by atoms with Gasteiger partial charge in [0.1, 0.15) is 5.75 Å². The van der Waals surface area contributed by atoms with Crippen molar-refractivity contribution in [1.29, 1.82) is 0 Å². The number of hydrogen-bond donors (Lipinski definition) is 1. The summed E-state index contributed by atoms with van der Waals surface area (Å²) in [5.41, 5.74) is 2.22. The highest BCUT2D eigenvalue weighted by Crippen LogP contribution is 2.18. The van der Waals surface area contributed by atoms with Crippen molar-refractivity contribution in [3.63, 3.8) is 0 Å². The van der Waals surface area contributed by atoms with Gasteiger partial charge in [0.2, 0.25) is 5.91 Å². The molecule has 2 aromatic rings. The van der Waals surface area contributed by atoms with E-state index in [0.717, 1.165) is 11.3 Å². The number of para-hydroxylation sites is 1. The number of likely N-dealkylation sites (N-methyl/N-ethyl adjacent to an activating group) is 1. The molecule has 0 atom stereocenters. The second-order valence-corrected chi connectivity index (χ2v) is 5.67. The van der Waals surface area contributed by atoms with Gasteiger partial charge in [-0.2, -0.15) is 0 Å². The largest absolute Gasteiger partial charge is 0.496 e. The monoisotopic (exact) mass is 326 g/mol. The maximum atomic E-state index is 12.2. The highest BCUT2D eigenvalue weighted by Gasteiger charge is 2.10. The van der Waals surface area contributed by atoms with Crippen molar-refractivity contribution in [2.24, 2.45) is 0 Å². The fourth-order valence-electron chi connectivity index (χ4n) is 2.44. The van der Waals surface area contributed by atoms with Gasteiger partial charge < -0.3 is 10.1 Å². The van der Waals surface area contributed by atoms with Crippen LogP contribution >= 0.6 is 0 Å². The number of Topliss-reactive ketones (excluding diaryl/α,β-unsaturated/α-hetero) is 1. The number of ether oxygens (including phenoxy) is 1. The first kappa shape index (κ1) is 17.7. The second-order valence-electron chi connectivity index (χ2n) is 5.67. The first-order chi connectivity index (χ1) is 11.5. The standard InChI is InChI=1S/C19H22N2O3/c1-14(22)15-8-6-9-17(11-15)20-19(23)13-21(2)12-16-7-4-5-10-18(16)24-3/h4-11H,12-13H2,1-3H3,(H,20,23). The molecule has 0 aliphatic heterocycles. The molecule has 2 rings (SSSR count). The molecule has 2 aromatic carbocycles. The Morgan fingerprint density at radius 3 is 2.58 bits per heavy atom. The fourth-order valence-corrected chi connectivity index (χ4v) is 2.44. The third kappa shape index (κ3) is 4.93. The molecule has 0 bridgehead atoms. The molecule has 5 nitrogen and oxygen atoms in total. The van der Waals surface area contributed by atoms with Gasteiger partial charge in [0, 0.05) is 23.4 Å². The molecular formula is C19H22N2O3. The normalized spacial score (nSPS) is 10.5. The van der Waals surface area contributed by atoms with Crippen molar-refractivity contribution in [3.8, 4) is 5.75 Å². The number of rotatable bonds is 7. The first-order valence-electron chi connectivity index (χ1n) is 7.71. The molecule has 126 valence electrons. The lowest BCUT2D eigenvalue weighted by molar-refractivity contribution is -0.117. The minimum Gasteiger partial charge on any atom is -0.496 e. The topological polar surface area (TPSA) is 58.6 Å². The number of carbonyl (C=O) groups excluding carboxylic acids is 2. The summed E-state index contributed by atoms with van der Waals surface area (Å²) < 4.78 is 5.32. The van der Waals surface area contributed by atoms with Crippen LogP contribution in [0.4, 0.5) is 5.69 Å². The number of ketones is 1. The minimum absolute atomic E-state index is 0.0283. The minimum atomic E-state index is -0.131. The molecule has 0 spiro atoms. The van der Waals surface area contributed by atoms with Crippen LogP contribution in [0.15, 0.2) is 48.5 Å². The van der Waals surface area contributed by atoms with Crippen molar-refractivity contribution in [2.45, 2.75) is 13.5 Å². The van der Waals surface area contributed by atoms with E-state index >= 15 is 0 Å². The van der Waals surface area contributed by atoms with Gasteiger partial charge in [-0.05, 0) is 32.2 Å². The zero-order valence-corrected chi connectivity index (χ0v) is 14.2. The van der Waals surface area contributed by atoms with Gasteiger partial charge in [0.15, 0.2) is 5.78 Å². The summed E-state index contributed by atoms with van der Waals surface area (Å²) in [5.74, 6) is 0.645. The van der Waals surface area contributed by atoms with E-state index in [1.165, 1.54) is 6.92 Å². The Hall–Kier alpha value is -2.66. The summed E-state index contributed by atoms with van der Waals surface area (Å²) >= 11 is 0. The third-order valence-electron chi connectivity index (χ3n) is 3.60. The molecule has 0 aliphatic carbocycles. The lowest BCUT2D eigenvalue weighted by atomic mass is 10.1. The zero-order valence-electron chi connectivity index (χ0n) is 14.2. The molecule has 0 aromatic heterocycles. The summed E-state index contributed by atoms with van der Waals surface area (Å²) in [6.45, 7) is 2.34. The van der Waals surface area contributed by atoms with Crippen molar-refractivity contribution in [2.75, 3.05) is 26.0 Å². The van der Waals surface area contributed by atoms with Gasteiger partial charge in [0.25, 0.3) is 0 Å². The lowest BCUT2D eigenvalue weighted by Crippen LogP contribution is -2.30. The van der Waals surface area contributed by atoms with E-state index in [1.807, 2.05) is 36.2 Å². The van der Waals surface area contributed by atoms with Crippen LogP contribution in [-0.2, 0) is 11.3 Å². The van der Waals surface area contributed by atoms with Gasteiger partial charge in [-0.15, -0.1) is 0 Å². The third-order valence-corrected chi connectivity index (χ3v) is 3.60. The molecular weight excluding hydrogens is 304 g/mol. The average molecular weight is 326 g/mol. The highest BCUT2D eigenvalue weighted by atomic mass is 16.5. The van der Waals surface area contributed by atoms with E-state index in [1.54, 1.807) is 31.4 Å². The summed E-state index contributed by atoms with van der Waals surface area (Å²) in [6, 6.07) is 14.7. The second kappa shape index (κ2) is 8.26. The molecule has 0 unspecified atom stereocenters. The van der Waals surface area contributed by atoms with Crippen molar-refractivity contribution >= 4 is 17.4 Å². The van der Waals surface area contributed by atoms with Gasteiger partial charge in [-0.1, -0.05) is 30.3 Å². The molecule has 0 aliphatic rings. The van der Waals surface area contributed by atoms with Gasteiger partial charge >= 0.3 is 0 Å². The van der Waals surface area contributed by atoms with Crippen molar-refractivity contribution in [1.82, 2.24) is 4.90 Å². The summed E-state index contributed by atoms with van der Waals surface area (Å²) in [4.78, 5) is 25.5. The molecule has 0 saturated carbocycles. The van der Waals surface area contributed by atoms with Crippen LogP contribution in [0.2, 0.25) is 0 Å². The van der Waals surface area contributed by atoms with Crippen LogP contribution in [0.3, 0.4) is 0 Å². The molecule has 24 heavy (non-hydrogen) atoms. The number of anilines is 1. The van der Waals surface area contributed by atoms with E-state index in [0.29, 0.717) is 17.8 Å². The number of nitrogens with one attached hydrogen (secondary N) is 1. The number of nitrogens with zero attached hydrogens (tertiary/aromatic N) is 1. The Morgan fingerprint density at radius 1 is 1.12 bits per heavy atom. The van der Waals surface area contributed by atoms with E-state index in [-0.39, 0.29) is 18.2 Å². The van der Waals surface area contributed by atoms with E-state index in [9.17, 15) is 9.59 Å². The van der Waals surface area contributed by atoms with E-state index in [4.69, 9.17) is 4.74 Å². The van der Waals surface area contributed by atoms with Crippen LogP contribution in [-0.4, -0.2) is 37.3 Å². The van der Waals surface area contributed by atoms with Crippen LogP contribution in [0.25, 0.3) is 0 Å². The van der Waals surface area contributed by atoms with Crippen LogP contribution in [0, 0.1) is 0 Å². The molecule has 0 saturated heterocycles. The Bertz CT molecular complexity index is 728. The smallest absolute Gasteiger partial charge is 0.238 e. The Morgan fingerprint density at radius 2 is 1.88 bits per heavy atom. The summed E-state index contributed by atoms with van der Waals surface area (Å²) in [5, 5.41) is 2.82. The number of amides is 1. The molecule has 5 heteroatoms. The maximum absolute atomic E-state index is 12.2. The molecule has 1 N–H and O–H groups in total. The van der Waals surface area contributed by atoms with Crippen molar-refractivity contribution < 1.29 is 14.3 Å². The van der Waals surface area contributed by atoms with Gasteiger partial charge in [-0.3, -0.25) is 14.5 Å². The molecule has 0 radical (unpaired) electrons. The molecule has 0 fully saturated rings. The van der Waals surface area contributed by atoms with E-state index in [2.05, 4.69) is 5.32 Å². The predicted octanol–water partition coefficient (Wildman–Crippen LogP) is 2.97. The quantitative estimate of drug-likeness (QED) is 0.795. The number of methoxy groups -OCH3 is 1. The summed E-state index contributed by atoms with van der Waals surface area (Å²) in [6.07, 6.45) is 0. The zero-order chi connectivity index (χ0) is 17.5. The van der Waals surface area contributed by atoms with Gasteiger partial charge in [0.05, 0.1) is 13.7 Å². The average Bonchev–Trinajstić information content (AvgIpc) is 2.55. The van der Waals surface area contributed by atoms with E-state index < -0.39 is 0 Å². The fraction of sp³-hybridized carbons (Fsp3) is 0.263. The number of carbonyl (C=O) groups is 2. The first-order valence-corrected chi connectivity index (χ1v) is 7.71. The highest BCUT2D eigenvalue weighted by molar-refractivity contribution is 5.97. The predicted molar refractivity (Wildman–Crippen MR) is 94.4 cm³/mol. The van der Waals surface area contributed by atoms with Crippen LogP contribution < -0.4 is 10.1 Å². The van der Waals surface area contributed by atoms with Crippen LogP contribution in [0.1, 0.15) is 22.8 Å². The SMILES string of the molecule is COc1ccccc1CN(C)CC(=O)Nc1cccc(C(C)=O)c1. The summed E-state index contributed by atoms with van der Waals surface area (Å²) in [7, 11) is 3.51. The Balaban J connectivity index is 1.94. The molecule has 1 amide bonds. The number of hydrogen-bond acceptors (Lipinski definition) is 4. The van der Waals surface area contributed by atoms with Crippen molar-refractivity contribution in [3.05, 3.63) is 59.7 Å². The lowest BCUT2D eigenvalue weighted by Gasteiger charge is -2.18. The Kier molecular flexibility index (Phi) is 6.09. The maximum Gasteiger partial charge on any atom is 0.238 e. The van der Waals surface area contributed by atoms with Crippen LogP contribution in [0.5, 0.6) is 5.75 Å². The number of benzene rings is 2.